The Morgan fingerprint density at radius 3 is 2.40 bits per heavy atom. The third-order valence-electron chi connectivity index (χ3n) is 6.01. The van der Waals surface area contributed by atoms with Crippen molar-refractivity contribution in [2.75, 3.05) is 11.9 Å². The fourth-order valence-electron chi connectivity index (χ4n) is 4.38. The van der Waals surface area contributed by atoms with Gasteiger partial charge in [-0.2, -0.15) is 0 Å². The van der Waals surface area contributed by atoms with Crippen molar-refractivity contribution in [1.82, 2.24) is 10.2 Å². The van der Waals surface area contributed by atoms with E-state index >= 15 is 0 Å². The Bertz CT molecular complexity index is 997. The zero-order valence-electron chi connectivity index (χ0n) is 20.8. The zero-order chi connectivity index (χ0) is 25.6. The van der Waals surface area contributed by atoms with E-state index in [-0.39, 0.29) is 29.9 Å². The summed E-state index contributed by atoms with van der Waals surface area (Å²) in [6.45, 7) is 6.24. The third-order valence-corrected chi connectivity index (χ3v) is 6.01. The second kappa shape index (κ2) is 11.5. The van der Waals surface area contributed by atoms with Crippen molar-refractivity contribution in [3.63, 3.8) is 0 Å². The van der Waals surface area contributed by atoms with Crippen LogP contribution in [0, 0.1) is 0 Å². The van der Waals surface area contributed by atoms with Gasteiger partial charge in [-0.1, -0.05) is 31.7 Å². The Morgan fingerprint density at radius 2 is 1.71 bits per heavy atom. The number of nitrogens with zero attached hydrogens (tertiary/aromatic N) is 1. The van der Waals surface area contributed by atoms with Gasteiger partial charge in [0.05, 0.1) is 11.1 Å². The van der Waals surface area contributed by atoms with Crippen LogP contribution in [-0.2, 0) is 19.1 Å². The highest BCUT2D eigenvalue weighted by Crippen LogP contribution is 2.32. The molecule has 0 saturated carbocycles. The molecule has 2 N–H and O–H groups in total. The Kier molecular flexibility index (Phi) is 8.64. The van der Waals surface area contributed by atoms with Gasteiger partial charge in [-0.15, -0.1) is 0 Å². The number of carbonyl (C=O) groups excluding carboxylic acids is 5. The predicted molar refractivity (Wildman–Crippen MR) is 130 cm³/mol. The lowest BCUT2D eigenvalue weighted by Gasteiger charge is -2.27. The number of esters is 1. The minimum atomic E-state index is -0.969. The van der Waals surface area contributed by atoms with Gasteiger partial charge < -0.3 is 10.1 Å². The Morgan fingerprint density at radius 1 is 1.03 bits per heavy atom. The molecule has 0 aliphatic carbocycles. The maximum absolute atomic E-state index is 13.1. The van der Waals surface area contributed by atoms with Crippen LogP contribution in [0.1, 0.15) is 99.3 Å². The van der Waals surface area contributed by atoms with Gasteiger partial charge in [0.25, 0.3) is 11.8 Å². The standard InChI is InChI=1S/C26H35N3O6/c1-26(2,3)35-21(31)13-8-6-4-5-7-9-16-27-18-12-10-11-17-22(18)25(34)29(24(17)33)19-14-15-20(30)28-23(19)32/h10-12,19,27H,4-9,13-16H2,1-3H3,(H,28,30,32). The molecule has 2 aliphatic rings. The minimum absolute atomic E-state index is 0.0932. The van der Waals surface area contributed by atoms with E-state index in [1.165, 1.54) is 0 Å². The van der Waals surface area contributed by atoms with E-state index < -0.39 is 35.3 Å². The summed E-state index contributed by atoms with van der Waals surface area (Å²) in [4.78, 5) is 62.3. The molecule has 3 rings (SSSR count). The van der Waals surface area contributed by atoms with E-state index in [0.717, 1.165) is 43.4 Å². The van der Waals surface area contributed by atoms with Crippen LogP contribution in [-0.4, -0.2) is 52.7 Å². The summed E-state index contributed by atoms with van der Waals surface area (Å²) in [5, 5.41) is 5.47. The van der Waals surface area contributed by atoms with Crippen LogP contribution in [0.15, 0.2) is 18.2 Å². The van der Waals surface area contributed by atoms with Crippen molar-refractivity contribution in [3.8, 4) is 0 Å². The van der Waals surface area contributed by atoms with E-state index in [1.807, 2.05) is 20.8 Å². The summed E-state index contributed by atoms with van der Waals surface area (Å²) in [6.07, 6.45) is 6.46. The largest absolute Gasteiger partial charge is 0.460 e. The molecule has 0 aromatic heterocycles. The first kappa shape index (κ1) is 26.4. The Hall–Kier alpha value is -3.23. The zero-order valence-corrected chi connectivity index (χ0v) is 20.8. The van der Waals surface area contributed by atoms with Crippen LogP contribution in [0.25, 0.3) is 0 Å². The molecule has 9 heteroatoms. The SMILES string of the molecule is CC(C)(C)OC(=O)CCCCCCCCNc1cccc2c1C(=O)N(C1CCC(=O)NC1=O)C2=O. The lowest BCUT2D eigenvalue weighted by atomic mass is 10.0. The smallest absolute Gasteiger partial charge is 0.306 e. The Labute approximate surface area is 205 Å². The van der Waals surface area contributed by atoms with Crippen LogP contribution in [0.5, 0.6) is 0 Å². The van der Waals surface area contributed by atoms with Crippen LogP contribution in [0.4, 0.5) is 5.69 Å². The lowest BCUT2D eigenvalue weighted by molar-refractivity contribution is -0.155. The first-order valence-electron chi connectivity index (χ1n) is 12.4. The number of anilines is 1. The number of hydrogen-bond donors (Lipinski definition) is 2. The van der Waals surface area contributed by atoms with Gasteiger partial charge in [-0.25, -0.2) is 0 Å². The normalized spacial score (nSPS) is 17.9. The maximum atomic E-state index is 13.1. The van der Waals surface area contributed by atoms with E-state index in [4.69, 9.17) is 4.74 Å². The van der Waals surface area contributed by atoms with Gasteiger partial charge in [-0.3, -0.25) is 34.2 Å². The minimum Gasteiger partial charge on any atom is -0.460 e. The molecule has 0 bridgehead atoms. The molecule has 1 saturated heterocycles. The van der Waals surface area contributed by atoms with E-state index in [2.05, 4.69) is 10.6 Å². The predicted octanol–water partition coefficient (Wildman–Crippen LogP) is 3.57. The number of nitrogens with one attached hydrogen (secondary N) is 2. The van der Waals surface area contributed by atoms with Gasteiger partial charge in [0.2, 0.25) is 11.8 Å². The summed E-state index contributed by atoms with van der Waals surface area (Å²) in [7, 11) is 0. The second-order valence-electron chi connectivity index (χ2n) is 10.1. The molecule has 1 unspecified atom stereocenters. The first-order valence-corrected chi connectivity index (χ1v) is 12.4. The molecular formula is C26H35N3O6. The molecule has 1 aromatic carbocycles. The lowest BCUT2D eigenvalue weighted by Crippen LogP contribution is -2.54. The topological polar surface area (TPSA) is 122 Å². The van der Waals surface area contributed by atoms with Crippen LogP contribution in [0.3, 0.4) is 0 Å². The highest BCUT2D eigenvalue weighted by Gasteiger charge is 2.45. The van der Waals surface area contributed by atoms with Crippen molar-refractivity contribution in [2.45, 2.75) is 90.2 Å². The fraction of sp³-hybridized carbons (Fsp3) is 0.577. The van der Waals surface area contributed by atoms with Gasteiger partial charge >= 0.3 is 5.97 Å². The number of unbranched alkanes of at least 4 members (excludes halogenated alkanes) is 5. The number of carbonyl (C=O) groups is 5. The average molecular weight is 486 g/mol. The van der Waals surface area contributed by atoms with Crippen LogP contribution < -0.4 is 10.6 Å². The van der Waals surface area contributed by atoms with Gasteiger partial charge in [0, 0.05) is 25.1 Å². The molecule has 9 nitrogen and oxygen atoms in total. The number of rotatable bonds is 11. The number of imide groups is 2. The van der Waals surface area contributed by atoms with Gasteiger partial charge in [-0.05, 0) is 52.2 Å². The average Bonchev–Trinajstić information content (AvgIpc) is 3.02. The highest BCUT2D eigenvalue weighted by molar-refractivity contribution is 6.25. The highest BCUT2D eigenvalue weighted by atomic mass is 16.6. The number of benzene rings is 1. The van der Waals surface area contributed by atoms with Crippen LogP contribution in [0.2, 0.25) is 0 Å². The summed E-state index contributed by atoms with van der Waals surface area (Å²) in [5.74, 6) is -2.17. The van der Waals surface area contributed by atoms with Crippen molar-refractivity contribution in [1.29, 1.82) is 0 Å². The molecule has 190 valence electrons. The third kappa shape index (κ3) is 6.90. The molecule has 35 heavy (non-hydrogen) atoms. The monoisotopic (exact) mass is 485 g/mol. The molecule has 1 fully saturated rings. The molecule has 1 atom stereocenters. The van der Waals surface area contributed by atoms with E-state index in [0.29, 0.717) is 18.7 Å². The molecule has 0 spiro atoms. The van der Waals surface area contributed by atoms with E-state index in [1.54, 1.807) is 18.2 Å². The first-order chi connectivity index (χ1) is 16.6. The van der Waals surface area contributed by atoms with Crippen molar-refractivity contribution in [3.05, 3.63) is 29.3 Å². The summed E-state index contributed by atoms with van der Waals surface area (Å²) in [5.41, 5.74) is 0.691. The molecule has 4 amide bonds. The number of amides is 4. The van der Waals surface area contributed by atoms with Gasteiger partial charge in [0.15, 0.2) is 0 Å². The number of piperidine rings is 1. The van der Waals surface area contributed by atoms with Crippen molar-refractivity contribution >= 4 is 35.3 Å². The molecule has 1 aromatic rings. The van der Waals surface area contributed by atoms with Gasteiger partial charge in [0.1, 0.15) is 11.6 Å². The van der Waals surface area contributed by atoms with Crippen LogP contribution >= 0.6 is 0 Å². The fourth-order valence-corrected chi connectivity index (χ4v) is 4.38. The van der Waals surface area contributed by atoms with Crippen molar-refractivity contribution in [2.24, 2.45) is 0 Å². The number of hydrogen-bond acceptors (Lipinski definition) is 7. The molecule has 0 radical (unpaired) electrons. The summed E-state index contributed by atoms with van der Waals surface area (Å²) < 4.78 is 5.31. The molecular weight excluding hydrogens is 450 g/mol. The maximum Gasteiger partial charge on any atom is 0.306 e. The summed E-state index contributed by atoms with van der Waals surface area (Å²) >= 11 is 0. The van der Waals surface area contributed by atoms with E-state index in [9.17, 15) is 24.0 Å². The number of ether oxygens (including phenoxy) is 1. The summed E-state index contributed by atoms with van der Waals surface area (Å²) in [6, 6.07) is 4.09. The second-order valence-corrected chi connectivity index (χ2v) is 10.1. The van der Waals surface area contributed by atoms with Crippen molar-refractivity contribution < 1.29 is 28.7 Å². The molecule has 2 aliphatic heterocycles. The molecule has 2 heterocycles. The quantitative estimate of drug-likeness (QED) is 0.279. The number of fused-ring (bicyclic) bond motifs is 1. The Balaban J connectivity index is 1.42.